The summed E-state index contributed by atoms with van der Waals surface area (Å²) in [7, 11) is 0. The highest BCUT2D eigenvalue weighted by atomic mass is 16.1. The van der Waals surface area contributed by atoms with Gasteiger partial charge in [-0.25, -0.2) is 9.50 Å². The lowest BCUT2D eigenvalue weighted by atomic mass is 10.1. The third-order valence-electron chi connectivity index (χ3n) is 3.68. The Morgan fingerprint density at radius 3 is 2.45 bits per heavy atom. The first-order chi connectivity index (χ1) is 10.5. The topological polar surface area (TPSA) is 59.3 Å². The first kappa shape index (κ1) is 14.3. The first-order valence-electron chi connectivity index (χ1n) is 7.17. The van der Waals surface area contributed by atoms with Gasteiger partial charge in [0.2, 0.25) is 0 Å². The van der Waals surface area contributed by atoms with E-state index >= 15 is 0 Å². The summed E-state index contributed by atoms with van der Waals surface area (Å²) in [6, 6.07) is 9.55. The molecule has 0 aliphatic rings. The Kier molecular flexibility index (Phi) is 3.41. The number of fused-ring (bicyclic) bond motifs is 1. The van der Waals surface area contributed by atoms with Crippen LogP contribution in [0.2, 0.25) is 0 Å². The normalized spacial score (nSPS) is 10.9. The lowest BCUT2D eigenvalue weighted by Crippen LogP contribution is -2.16. The fraction of sp³-hybridized carbons (Fsp3) is 0.235. The Morgan fingerprint density at radius 2 is 1.77 bits per heavy atom. The van der Waals surface area contributed by atoms with Gasteiger partial charge >= 0.3 is 0 Å². The third-order valence-corrected chi connectivity index (χ3v) is 3.68. The van der Waals surface area contributed by atoms with Crippen LogP contribution in [-0.4, -0.2) is 20.5 Å². The van der Waals surface area contributed by atoms with Crippen LogP contribution in [0.5, 0.6) is 0 Å². The van der Waals surface area contributed by atoms with E-state index < -0.39 is 0 Å². The summed E-state index contributed by atoms with van der Waals surface area (Å²) in [6.45, 7) is 7.77. The number of aromatic nitrogens is 3. The molecule has 0 fully saturated rings. The van der Waals surface area contributed by atoms with Crippen molar-refractivity contribution >= 4 is 17.2 Å². The lowest BCUT2D eigenvalue weighted by Gasteiger charge is -2.11. The smallest absolute Gasteiger partial charge is 0.274 e. The fourth-order valence-corrected chi connectivity index (χ4v) is 2.55. The second-order valence-corrected chi connectivity index (χ2v) is 5.56. The van der Waals surface area contributed by atoms with Gasteiger partial charge in [-0.3, -0.25) is 4.79 Å². The maximum absolute atomic E-state index is 12.5. The molecule has 5 nitrogen and oxygen atoms in total. The van der Waals surface area contributed by atoms with Gasteiger partial charge in [0.05, 0.1) is 5.69 Å². The Hall–Kier alpha value is -2.69. The highest BCUT2D eigenvalue weighted by Crippen LogP contribution is 2.20. The van der Waals surface area contributed by atoms with E-state index in [-0.39, 0.29) is 5.91 Å². The van der Waals surface area contributed by atoms with Crippen LogP contribution in [0.15, 0.2) is 30.3 Å². The van der Waals surface area contributed by atoms with Gasteiger partial charge in [-0.2, -0.15) is 5.10 Å². The van der Waals surface area contributed by atoms with Gasteiger partial charge in [0.1, 0.15) is 5.69 Å². The summed E-state index contributed by atoms with van der Waals surface area (Å²) < 4.78 is 1.74. The number of nitrogens with zero attached hydrogens (tertiary/aromatic N) is 3. The molecule has 0 radical (unpaired) electrons. The van der Waals surface area contributed by atoms with Crippen molar-refractivity contribution in [1.29, 1.82) is 0 Å². The molecule has 0 aliphatic heterocycles. The molecular weight excluding hydrogens is 276 g/mol. The first-order valence-corrected chi connectivity index (χ1v) is 7.17. The number of hydrogen-bond acceptors (Lipinski definition) is 3. The molecule has 1 amide bonds. The number of carbonyl (C=O) groups excluding carboxylic acids is 1. The largest absolute Gasteiger partial charge is 0.320 e. The van der Waals surface area contributed by atoms with Crippen LogP contribution in [0, 0.1) is 27.7 Å². The summed E-state index contributed by atoms with van der Waals surface area (Å²) in [5.41, 5.74) is 5.75. The molecule has 112 valence electrons. The Labute approximate surface area is 129 Å². The molecule has 2 aromatic heterocycles. The van der Waals surface area contributed by atoms with Gasteiger partial charge in [0.25, 0.3) is 5.91 Å². The number of benzene rings is 1. The van der Waals surface area contributed by atoms with Crippen molar-refractivity contribution in [2.24, 2.45) is 0 Å². The molecule has 0 saturated carbocycles. The molecule has 0 saturated heterocycles. The molecule has 3 rings (SSSR count). The van der Waals surface area contributed by atoms with Gasteiger partial charge in [0.15, 0.2) is 5.65 Å². The fourth-order valence-electron chi connectivity index (χ4n) is 2.55. The average molecular weight is 294 g/mol. The van der Waals surface area contributed by atoms with E-state index in [9.17, 15) is 4.79 Å². The van der Waals surface area contributed by atoms with Crippen molar-refractivity contribution < 1.29 is 4.79 Å². The molecular formula is C17H18N4O. The summed E-state index contributed by atoms with van der Waals surface area (Å²) in [4.78, 5) is 16.9. The van der Waals surface area contributed by atoms with Crippen LogP contribution in [0.4, 0.5) is 5.69 Å². The molecule has 0 unspecified atom stereocenters. The van der Waals surface area contributed by atoms with Crippen molar-refractivity contribution in [3.8, 4) is 0 Å². The number of aryl methyl sites for hydroxylation is 4. The Bertz CT molecular complexity index is 859. The molecule has 0 spiro atoms. The third kappa shape index (κ3) is 2.45. The average Bonchev–Trinajstić information content (AvgIpc) is 2.84. The quantitative estimate of drug-likeness (QED) is 0.789. The zero-order valence-electron chi connectivity index (χ0n) is 13.1. The van der Waals surface area contributed by atoms with Gasteiger partial charge in [-0.05, 0) is 44.9 Å². The van der Waals surface area contributed by atoms with Gasteiger partial charge in [-0.1, -0.05) is 18.2 Å². The van der Waals surface area contributed by atoms with Gasteiger partial charge in [-0.15, -0.1) is 0 Å². The van der Waals surface area contributed by atoms with E-state index in [1.54, 1.807) is 10.6 Å². The van der Waals surface area contributed by atoms with Crippen LogP contribution >= 0.6 is 0 Å². The number of rotatable bonds is 2. The second-order valence-electron chi connectivity index (χ2n) is 5.56. The summed E-state index contributed by atoms with van der Waals surface area (Å²) in [5, 5.41) is 7.31. The number of carbonyl (C=O) groups is 1. The molecule has 0 bridgehead atoms. The zero-order chi connectivity index (χ0) is 15.9. The Balaban J connectivity index is 1.99. The maximum Gasteiger partial charge on any atom is 0.274 e. The van der Waals surface area contributed by atoms with E-state index in [1.807, 2.05) is 52.0 Å². The standard InChI is InChI=1S/C17H18N4O/c1-10-6-5-7-11(2)16(10)19-17(22)14-9-13(4)21-15(18-14)8-12(3)20-21/h5-9H,1-4H3,(H,19,22). The molecule has 3 aromatic rings. The van der Waals surface area contributed by atoms with Gasteiger partial charge in [0, 0.05) is 17.4 Å². The van der Waals surface area contributed by atoms with Crippen LogP contribution in [-0.2, 0) is 0 Å². The molecule has 22 heavy (non-hydrogen) atoms. The van der Waals surface area contributed by atoms with E-state index in [4.69, 9.17) is 0 Å². The van der Waals surface area contributed by atoms with E-state index in [1.165, 1.54) is 0 Å². The SMILES string of the molecule is Cc1cc2nc(C(=O)Nc3c(C)cccc3C)cc(C)n2n1. The van der Waals surface area contributed by atoms with Crippen molar-refractivity contribution in [2.45, 2.75) is 27.7 Å². The van der Waals surface area contributed by atoms with Crippen LogP contribution in [0.3, 0.4) is 0 Å². The molecule has 0 atom stereocenters. The molecule has 0 aliphatic carbocycles. The summed E-state index contributed by atoms with van der Waals surface area (Å²) in [6.07, 6.45) is 0. The highest BCUT2D eigenvalue weighted by Gasteiger charge is 2.14. The molecule has 1 aromatic carbocycles. The van der Waals surface area contributed by atoms with Crippen molar-refractivity contribution in [2.75, 3.05) is 5.32 Å². The van der Waals surface area contributed by atoms with E-state index in [0.717, 1.165) is 28.2 Å². The van der Waals surface area contributed by atoms with Crippen molar-refractivity contribution in [3.05, 3.63) is 58.5 Å². The monoisotopic (exact) mass is 294 g/mol. The minimum Gasteiger partial charge on any atom is -0.320 e. The van der Waals surface area contributed by atoms with E-state index in [2.05, 4.69) is 15.4 Å². The zero-order valence-corrected chi connectivity index (χ0v) is 13.1. The number of para-hydroxylation sites is 1. The maximum atomic E-state index is 12.5. The van der Waals surface area contributed by atoms with Crippen LogP contribution in [0.1, 0.15) is 33.0 Å². The minimum atomic E-state index is -0.207. The van der Waals surface area contributed by atoms with Crippen LogP contribution < -0.4 is 5.32 Å². The summed E-state index contributed by atoms with van der Waals surface area (Å²) in [5.74, 6) is -0.207. The van der Waals surface area contributed by atoms with Crippen LogP contribution in [0.25, 0.3) is 5.65 Å². The number of amides is 1. The molecule has 1 N–H and O–H groups in total. The summed E-state index contributed by atoms with van der Waals surface area (Å²) >= 11 is 0. The Morgan fingerprint density at radius 1 is 1.09 bits per heavy atom. The second kappa shape index (κ2) is 5.26. The van der Waals surface area contributed by atoms with Gasteiger partial charge < -0.3 is 5.32 Å². The molecule has 2 heterocycles. The number of anilines is 1. The predicted octanol–water partition coefficient (Wildman–Crippen LogP) is 3.22. The lowest BCUT2D eigenvalue weighted by molar-refractivity contribution is 0.102. The van der Waals surface area contributed by atoms with Crippen molar-refractivity contribution in [3.63, 3.8) is 0 Å². The minimum absolute atomic E-state index is 0.207. The van der Waals surface area contributed by atoms with E-state index in [0.29, 0.717) is 11.3 Å². The van der Waals surface area contributed by atoms with Crippen molar-refractivity contribution in [1.82, 2.24) is 14.6 Å². The highest BCUT2D eigenvalue weighted by molar-refractivity contribution is 6.04. The number of nitrogens with one attached hydrogen (secondary N) is 1. The number of hydrogen-bond donors (Lipinski definition) is 1. The molecule has 5 heteroatoms. The predicted molar refractivity (Wildman–Crippen MR) is 86.3 cm³/mol.